The molecule has 3 N–H and O–H groups in total. The summed E-state index contributed by atoms with van der Waals surface area (Å²) in [7, 11) is 4.34. The fraction of sp³-hybridized carbons (Fsp3) is 0.938. The Balaban J connectivity index is 2.21. The van der Waals surface area contributed by atoms with E-state index in [1.807, 2.05) is 13.8 Å². The predicted molar refractivity (Wildman–Crippen MR) is 88.3 cm³/mol. The van der Waals surface area contributed by atoms with Crippen LogP contribution in [0.25, 0.3) is 0 Å². The second-order valence-corrected chi connectivity index (χ2v) is 6.72. The van der Waals surface area contributed by atoms with E-state index in [9.17, 15) is 4.79 Å². The maximum Gasteiger partial charge on any atom is 0.237 e. The number of hydrogen-bond acceptors (Lipinski definition) is 4. The Bertz CT molecular complexity index is 313. The van der Waals surface area contributed by atoms with Gasteiger partial charge in [-0.2, -0.15) is 0 Å². The van der Waals surface area contributed by atoms with Crippen molar-refractivity contribution < 1.29 is 4.79 Å². The highest BCUT2D eigenvalue weighted by Crippen LogP contribution is 2.17. The lowest BCUT2D eigenvalue weighted by molar-refractivity contribution is -0.124. The molecule has 5 heteroatoms. The van der Waals surface area contributed by atoms with Crippen molar-refractivity contribution in [2.45, 2.75) is 57.5 Å². The molecule has 1 unspecified atom stereocenters. The lowest BCUT2D eigenvalue weighted by Crippen LogP contribution is -2.53. The molecule has 1 amide bonds. The fourth-order valence-electron chi connectivity index (χ4n) is 3.16. The van der Waals surface area contributed by atoms with Gasteiger partial charge in [0, 0.05) is 6.04 Å². The summed E-state index contributed by atoms with van der Waals surface area (Å²) in [5, 5.41) is 3.22. The standard InChI is InChI=1S/C16H34N4O/c1-5-18-16(2,15(17)21)10-6-7-11-20-12-8-14(9-13-20)19(3)4/h14,18H,5-13H2,1-4H3,(H2,17,21). The molecule has 0 aromatic rings. The Morgan fingerprint density at radius 3 is 2.43 bits per heavy atom. The summed E-state index contributed by atoms with van der Waals surface area (Å²) in [6.45, 7) is 8.24. The van der Waals surface area contributed by atoms with E-state index in [2.05, 4.69) is 29.2 Å². The van der Waals surface area contributed by atoms with E-state index in [1.54, 1.807) is 0 Å². The number of rotatable bonds is 9. The Hall–Kier alpha value is -0.650. The number of nitrogens with one attached hydrogen (secondary N) is 1. The van der Waals surface area contributed by atoms with Crippen molar-refractivity contribution in [3.63, 3.8) is 0 Å². The minimum Gasteiger partial charge on any atom is -0.368 e. The Kier molecular flexibility index (Phi) is 7.63. The molecule has 0 radical (unpaired) electrons. The highest BCUT2D eigenvalue weighted by Gasteiger charge is 2.29. The number of primary amides is 1. The molecule has 1 fully saturated rings. The van der Waals surface area contributed by atoms with Gasteiger partial charge in [-0.15, -0.1) is 0 Å². The first-order chi connectivity index (χ1) is 9.89. The molecule has 1 rings (SSSR count). The molecule has 1 atom stereocenters. The third kappa shape index (κ3) is 5.93. The molecular formula is C16H34N4O. The van der Waals surface area contributed by atoms with Crippen LogP contribution < -0.4 is 11.1 Å². The summed E-state index contributed by atoms with van der Waals surface area (Å²) >= 11 is 0. The van der Waals surface area contributed by atoms with Gasteiger partial charge in [0.15, 0.2) is 0 Å². The van der Waals surface area contributed by atoms with E-state index in [1.165, 1.54) is 25.9 Å². The van der Waals surface area contributed by atoms with E-state index in [4.69, 9.17) is 5.73 Å². The van der Waals surface area contributed by atoms with E-state index >= 15 is 0 Å². The van der Waals surface area contributed by atoms with Crippen molar-refractivity contribution in [1.29, 1.82) is 0 Å². The maximum absolute atomic E-state index is 11.6. The summed E-state index contributed by atoms with van der Waals surface area (Å²) in [5.74, 6) is -0.240. The van der Waals surface area contributed by atoms with Gasteiger partial charge >= 0.3 is 0 Å². The number of carbonyl (C=O) groups is 1. The highest BCUT2D eigenvalue weighted by atomic mass is 16.1. The van der Waals surface area contributed by atoms with Gasteiger partial charge in [-0.1, -0.05) is 6.92 Å². The Morgan fingerprint density at radius 2 is 1.95 bits per heavy atom. The first-order valence-corrected chi connectivity index (χ1v) is 8.32. The van der Waals surface area contributed by atoms with Gasteiger partial charge in [0.2, 0.25) is 5.91 Å². The van der Waals surface area contributed by atoms with Crippen LogP contribution in [0.1, 0.15) is 46.0 Å². The van der Waals surface area contributed by atoms with E-state index < -0.39 is 5.54 Å². The molecule has 0 saturated carbocycles. The highest BCUT2D eigenvalue weighted by molar-refractivity contribution is 5.84. The maximum atomic E-state index is 11.6. The summed E-state index contributed by atoms with van der Waals surface area (Å²) in [4.78, 5) is 16.4. The molecule has 0 aliphatic carbocycles. The SMILES string of the molecule is CCNC(C)(CCCCN1CCC(N(C)C)CC1)C(N)=O. The summed E-state index contributed by atoms with van der Waals surface area (Å²) in [6, 6.07) is 0.744. The molecule has 0 spiro atoms. The van der Waals surface area contributed by atoms with Crippen LogP contribution in [0.5, 0.6) is 0 Å². The first kappa shape index (κ1) is 18.4. The van der Waals surface area contributed by atoms with Gasteiger partial charge in [-0.3, -0.25) is 4.79 Å². The third-order valence-corrected chi connectivity index (χ3v) is 4.80. The van der Waals surface area contributed by atoms with Gasteiger partial charge in [0.05, 0.1) is 5.54 Å². The molecular weight excluding hydrogens is 264 g/mol. The average molecular weight is 298 g/mol. The molecule has 1 aliphatic heterocycles. The minimum absolute atomic E-state index is 0.240. The second kappa shape index (κ2) is 8.71. The fourth-order valence-corrected chi connectivity index (χ4v) is 3.16. The number of nitrogens with two attached hydrogens (primary N) is 1. The lowest BCUT2D eigenvalue weighted by atomic mass is 9.93. The smallest absolute Gasteiger partial charge is 0.237 e. The zero-order valence-corrected chi connectivity index (χ0v) is 14.3. The minimum atomic E-state index is -0.549. The molecule has 1 saturated heterocycles. The predicted octanol–water partition coefficient (Wildman–Crippen LogP) is 1.04. The van der Waals surface area contributed by atoms with Gasteiger partial charge in [0.25, 0.3) is 0 Å². The zero-order valence-electron chi connectivity index (χ0n) is 14.3. The number of likely N-dealkylation sites (N-methyl/N-ethyl adjacent to an activating group) is 1. The molecule has 0 aromatic carbocycles. The largest absolute Gasteiger partial charge is 0.368 e. The van der Waals surface area contributed by atoms with Gasteiger partial charge in [-0.05, 0) is 79.3 Å². The Labute approximate surface area is 130 Å². The number of likely N-dealkylation sites (tertiary alicyclic amines) is 1. The number of amides is 1. The molecule has 21 heavy (non-hydrogen) atoms. The topological polar surface area (TPSA) is 61.6 Å². The van der Waals surface area contributed by atoms with Crippen LogP contribution in [-0.4, -0.2) is 67.6 Å². The van der Waals surface area contributed by atoms with Crippen molar-refractivity contribution in [3.8, 4) is 0 Å². The zero-order chi connectivity index (χ0) is 15.9. The number of piperidine rings is 1. The van der Waals surface area contributed by atoms with Crippen LogP contribution in [0.2, 0.25) is 0 Å². The monoisotopic (exact) mass is 298 g/mol. The van der Waals surface area contributed by atoms with Crippen LogP contribution in [-0.2, 0) is 4.79 Å². The first-order valence-electron chi connectivity index (χ1n) is 8.32. The van der Waals surface area contributed by atoms with Crippen LogP contribution >= 0.6 is 0 Å². The van der Waals surface area contributed by atoms with Crippen molar-refractivity contribution in [2.75, 3.05) is 40.3 Å². The molecule has 5 nitrogen and oxygen atoms in total. The number of unbranched alkanes of at least 4 members (excludes halogenated alkanes) is 1. The van der Waals surface area contributed by atoms with Crippen LogP contribution in [0, 0.1) is 0 Å². The molecule has 0 bridgehead atoms. The second-order valence-electron chi connectivity index (χ2n) is 6.72. The quantitative estimate of drug-likeness (QED) is 0.624. The number of carbonyl (C=O) groups excluding carboxylic acids is 1. The van der Waals surface area contributed by atoms with E-state index in [-0.39, 0.29) is 5.91 Å². The summed E-state index contributed by atoms with van der Waals surface area (Å²) in [6.07, 6.45) is 5.54. The van der Waals surface area contributed by atoms with Gasteiger partial charge < -0.3 is 20.9 Å². The molecule has 1 aliphatic rings. The normalized spacial score (nSPS) is 20.6. The van der Waals surface area contributed by atoms with E-state index in [0.717, 1.165) is 38.4 Å². The molecule has 124 valence electrons. The summed E-state index contributed by atoms with van der Waals surface area (Å²) < 4.78 is 0. The summed E-state index contributed by atoms with van der Waals surface area (Å²) in [5.41, 5.74) is 4.96. The molecule has 0 aromatic heterocycles. The number of nitrogens with zero attached hydrogens (tertiary/aromatic N) is 2. The average Bonchev–Trinajstić information content (AvgIpc) is 2.44. The van der Waals surface area contributed by atoms with E-state index in [0.29, 0.717) is 0 Å². The Morgan fingerprint density at radius 1 is 1.33 bits per heavy atom. The van der Waals surface area contributed by atoms with Gasteiger partial charge in [-0.25, -0.2) is 0 Å². The lowest BCUT2D eigenvalue weighted by Gasteiger charge is -2.35. The van der Waals surface area contributed by atoms with Crippen LogP contribution in [0.15, 0.2) is 0 Å². The van der Waals surface area contributed by atoms with Crippen LogP contribution in [0.4, 0.5) is 0 Å². The third-order valence-electron chi connectivity index (χ3n) is 4.80. The van der Waals surface area contributed by atoms with Crippen molar-refractivity contribution in [1.82, 2.24) is 15.1 Å². The van der Waals surface area contributed by atoms with Crippen molar-refractivity contribution in [2.24, 2.45) is 5.73 Å². The number of hydrogen-bond donors (Lipinski definition) is 2. The van der Waals surface area contributed by atoms with Crippen LogP contribution in [0.3, 0.4) is 0 Å². The van der Waals surface area contributed by atoms with Gasteiger partial charge in [0.1, 0.15) is 0 Å². The molecule has 1 heterocycles. The van der Waals surface area contributed by atoms with Crippen molar-refractivity contribution in [3.05, 3.63) is 0 Å². The van der Waals surface area contributed by atoms with Crippen molar-refractivity contribution >= 4 is 5.91 Å².